The van der Waals surface area contributed by atoms with E-state index in [-0.39, 0.29) is 0 Å². The van der Waals surface area contributed by atoms with E-state index in [9.17, 15) is 14.4 Å². The fourth-order valence-electron chi connectivity index (χ4n) is 2.33. The van der Waals surface area contributed by atoms with Gasteiger partial charge in [-0.1, -0.05) is 44.3 Å². The number of halogens is 2. The summed E-state index contributed by atoms with van der Waals surface area (Å²) in [7, 11) is 0. The Morgan fingerprint density at radius 1 is 0.769 bits per heavy atom. The van der Waals surface area contributed by atoms with Crippen LogP contribution < -0.4 is 0 Å². The lowest BCUT2D eigenvalue weighted by molar-refractivity contribution is -0.147. The van der Waals surface area contributed by atoms with Gasteiger partial charge < -0.3 is 15.1 Å². The van der Waals surface area contributed by atoms with Crippen LogP contribution in [-0.4, -0.2) is 46.0 Å². The molecule has 0 aromatic rings. The molecule has 148 valence electrons. The normalized spacial score (nSPS) is 10.7. The number of aliphatic carboxylic acids is 2. The Bertz CT molecular complexity index is 486. The number of carbonyl (C=O) groups excluding carboxylic acids is 1. The van der Waals surface area contributed by atoms with Crippen molar-refractivity contribution in [1.82, 2.24) is 4.90 Å². The number of unbranched alkanes of at least 4 members (excludes halogenated alkanes) is 8. The number of hydrogen-bond donors (Lipinski definition) is 2. The number of amides is 1. The van der Waals surface area contributed by atoms with E-state index in [1.807, 2.05) is 0 Å². The third-order valence-corrected chi connectivity index (χ3v) is 4.25. The Morgan fingerprint density at radius 3 is 1.69 bits per heavy atom. The maximum Gasteiger partial charge on any atom is 0.323 e. The number of hydrogen-bond acceptors (Lipinski definition) is 3. The number of allylic oxidation sites excluding steroid dienone is 2. The first-order valence-electron chi connectivity index (χ1n) is 8.73. The van der Waals surface area contributed by atoms with Crippen LogP contribution in [0, 0.1) is 0 Å². The van der Waals surface area contributed by atoms with Crippen LogP contribution in [0.15, 0.2) is 21.6 Å². The van der Waals surface area contributed by atoms with E-state index in [4.69, 9.17) is 10.2 Å². The first kappa shape index (κ1) is 24.8. The lowest BCUT2D eigenvalue weighted by Crippen LogP contribution is -2.38. The Kier molecular flexibility index (Phi) is 15.3. The van der Waals surface area contributed by atoms with Gasteiger partial charge in [0.15, 0.2) is 0 Å². The summed E-state index contributed by atoms with van der Waals surface area (Å²) in [6.07, 6.45) is 14.9. The van der Waals surface area contributed by atoms with Gasteiger partial charge in [-0.15, -0.1) is 0 Å². The van der Waals surface area contributed by atoms with Gasteiger partial charge in [-0.25, -0.2) is 0 Å². The molecule has 0 aromatic heterocycles. The van der Waals surface area contributed by atoms with Crippen molar-refractivity contribution >= 4 is 49.7 Å². The summed E-state index contributed by atoms with van der Waals surface area (Å²) in [4.78, 5) is 33.9. The molecule has 0 aliphatic carbocycles. The minimum atomic E-state index is -1.23. The van der Waals surface area contributed by atoms with Crippen molar-refractivity contribution < 1.29 is 24.6 Å². The fraction of sp³-hybridized carbons (Fsp3) is 0.611. The molecule has 2 N–H and O–H groups in total. The molecule has 0 spiro atoms. The van der Waals surface area contributed by atoms with Crippen molar-refractivity contribution in [3.8, 4) is 0 Å². The van der Waals surface area contributed by atoms with Gasteiger partial charge in [0, 0.05) is 0 Å². The Hall–Kier alpha value is -1.15. The molecule has 0 radical (unpaired) electrons. The van der Waals surface area contributed by atoms with Crippen molar-refractivity contribution in [3.05, 3.63) is 21.6 Å². The van der Waals surface area contributed by atoms with E-state index in [0.29, 0.717) is 0 Å². The second kappa shape index (κ2) is 16.1. The summed E-state index contributed by atoms with van der Waals surface area (Å²) in [6, 6.07) is 0. The molecule has 0 atom stereocenters. The Balaban J connectivity index is 3.78. The van der Waals surface area contributed by atoms with E-state index in [1.54, 1.807) is 6.08 Å². The minimum Gasteiger partial charge on any atom is -0.480 e. The molecule has 0 saturated carbocycles. The molecule has 26 heavy (non-hydrogen) atoms. The topological polar surface area (TPSA) is 94.9 Å². The molecular formula is C18H27Br2NO5. The van der Waals surface area contributed by atoms with Gasteiger partial charge in [0.05, 0.1) is 3.39 Å². The molecule has 0 fully saturated rings. The highest BCUT2D eigenvalue weighted by Gasteiger charge is 2.17. The van der Waals surface area contributed by atoms with E-state index >= 15 is 0 Å². The fourth-order valence-corrected chi connectivity index (χ4v) is 2.79. The molecule has 0 bridgehead atoms. The summed E-state index contributed by atoms with van der Waals surface area (Å²) in [6.45, 7) is -1.23. The zero-order chi connectivity index (χ0) is 19.8. The molecule has 0 aliphatic rings. The zero-order valence-electron chi connectivity index (χ0n) is 14.8. The van der Waals surface area contributed by atoms with Crippen LogP contribution >= 0.6 is 31.9 Å². The summed E-state index contributed by atoms with van der Waals surface area (Å²) >= 11 is 6.66. The largest absolute Gasteiger partial charge is 0.480 e. The maximum absolute atomic E-state index is 11.8. The third kappa shape index (κ3) is 16.3. The van der Waals surface area contributed by atoms with Crippen LogP contribution in [0.5, 0.6) is 0 Å². The van der Waals surface area contributed by atoms with Gasteiger partial charge in [-0.05, 0) is 63.6 Å². The molecule has 0 heterocycles. The molecule has 0 saturated heterocycles. The molecule has 8 heteroatoms. The monoisotopic (exact) mass is 495 g/mol. The van der Waals surface area contributed by atoms with Crippen molar-refractivity contribution in [2.24, 2.45) is 0 Å². The van der Waals surface area contributed by atoms with Gasteiger partial charge in [-0.3, -0.25) is 14.4 Å². The first-order chi connectivity index (χ1) is 12.3. The van der Waals surface area contributed by atoms with E-state index in [0.717, 1.165) is 40.4 Å². The summed E-state index contributed by atoms with van der Waals surface area (Å²) < 4.78 is 1.01. The van der Waals surface area contributed by atoms with Crippen LogP contribution in [-0.2, 0) is 14.4 Å². The highest BCUT2D eigenvalue weighted by molar-refractivity contribution is 9.28. The van der Waals surface area contributed by atoms with E-state index in [2.05, 4.69) is 37.9 Å². The van der Waals surface area contributed by atoms with Crippen molar-refractivity contribution in [1.29, 1.82) is 0 Å². The van der Waals surface area contributed by atoms with Gasteiger partial charge >= 0.3 is 11.9 Å². The van der Waals surface area contributed by atoms with Crippen LogP contribution in [0.1, 0.15) is 57.8 Å². The molecule has 0 aliphatic heterocycles. The second-order valence-corrected chi connectivity index (χ2v) is 8.70. The summed E-state index contributed by atoms with van der Waals surface area (Å²) in [5.41, 5.74) is 0. The molecule has 0 aromatic carbocycles. The third-order valence-electron chi connectivity index (χ3n) is 3.60. The minimum absolute atomic E-state index is 0.584. The van der Waals surface area contributed by atoms with Crippen molar-refractivity contribution in [2.75, 3.05) is 13.1 Å². The molecule has 1 amide bonds. The zero-order valence-corrected chi connectivity index (χ0v) is 18.0. The van der Waals surface area contributed by atoms with Gasteiger partial charge in [0.2, 0.25) is 5.91 Å². The molecular weight excluding hydrogens is 470 g/mol. The predicted octanol–water partition coefficient (Wildman–Crippen LogP) is 4.68. The van der Waals surface area contributed by atoms with E-state index in [1.165, 1.54) is 31.8 Å². The summed E-state index contributed by atoms with van der Waals surface area (Å²) in [5, 5.41) is 17.4. The van der Waals surface area contributed by atoms with Crippen molar-refractivity contribution in [2.45, 2.75) is 57.8 Å². The smallest absolute Gasteiger partial charge is 0.323 e. The lowest BCUT2D eigenvalue weighted by atomic mass is 10.1. The number of nitrogens with zero attached hydrogens (tertiary/aromatic N) is 1. The standard InChI is InChI=1S/C18H27Br2NO5/c19-15(20)11-9-7-5-3-1-2-4-6-8-10-12-16(22)21(13-17(23)24)14-18(25)26/h10-12H,1-9,13-14H2,(H,23,24)(H,25,26)/b12-10+. The van der Waals surface area contributed by atoms with Crippen LogP contribution in [0.3, 0.4) is 0 Å². The highest BCUT2D eigenvalue weighted by atomic mass is 79.9. The van der Waals surface area contributed by atoms with Crippen LogP contribution in [0.4, 0.5) is 0 Å². The molecule has 0 rings (SSSR count). The maximum atomic E-state index is 11.8. The van der Waals surface area contributed by atoms with Crippen molar-refractivity contribution in [3.63, 3.8) is 0 Å². The van der Waals surface area contributed by atoms with Gasteiger partial charge in [0.1, 0.15) is 13.1 Å². The lowest BCUT2D eigenvalue weighted by Gasteiger charge is -2.16. The Morgan fingerprint density at radius 2 is 1.23 bits per heavy atom. The predicted molar refractivity (Wildman–Crippen MR) is 108 cm³/mol. The van der Waals surface area contributed by atoms with Gasteiger partial charge in [-0.2, -0.15) is 0 Å². The number of carbonyl (C=O) groups is 3. The van der Waals surface area contributed by atoms with E-state index < -0.39 is 30.9 Å². The van der Waals surface area contributed by atoms with Crippen LogP contribution in [0.25, 0.3) is 0 Å². The highest BCUT2D eigenvalue weighted by Crippen LogP contribution is 2.16. The molecule has 6 nitrogen and oxygen atoms in total. The quantitative estimate of drug-likeness (QED) is 0.253. The second-order valence-electron chi connectivity index (χ2n) is 5.93. The Labute approximate surface area is 171 Å². The SMILES string of the molecule is O=C(O)CN(CC(=O)O)C(=O)/C=C/CCCCCCCCCC=C(Br)Br. The average Bonchev–Trinajstić information content (AvgIpc) is 2.53. The number of carboxylic acid groups (broad SMARTS) is 2. The summed E-state index contributed by atoms with van der Waals surface area (Å²) in [5.74, 6) is -3.05. The number of carboxylic acids is 2. The van der Waals surface area contributed by atoms with Crippen LogP contribution in [0.2, 0.25) is 0 Å². The average molecular weight is 497 g/mol. The number of rotatable bonds is 15. The first-order valence-corrected chi connectivity index (χ1v) is 10.3. The van der Waals surface area contributed by atoms with Gasteiger partial charge in [0.25, 0.3) is 0 Å². The molecule has 0 unspecified atom stereocenters.